The van der Waals surface area contributed by atoms with Gasteiger partial charge in [-0.25, -0.2) is 4.39 Å². The fourth-order valence-electron chi connectivity index (χ4n) is 3.73. The highest BCUT2D eigenvalue weighted by Gasteiger charge is 2.32. The molecule has 1 N–H and O–H groups in total. The van der Waals surface area contributed by atoms with Gasteiger partial charge in [-0.2, -0.15) is 0 Å². The van der Waals surface area contributed by atoms with E-state index in [4.69, 9.17) is 0 Å². The first-order chi connectivity index (χ1) is 16.7. The number of thioether (sulfide) groups is 1. The molecule has 0 saturated heterocycles. The molecule has 0 spiro atoms. The minimum Gasteiger partial charge on any atom is -0.350 e. The van der Waals surface area contributed by atoms with Gasteiger partial charge in [-0.15, -0.1) is 11.8 Å². The lowest BCUT2D eigenvalue weighted by atomic mass is 10.0. The average molecular weight is 493 g/mol. The fraction of sp³-hybridized carbons (Fsp3) is 0.310. The van der Waals surface area contributed by atoms with Gasteiger partial charge in [-0.3, -0.25) is 9.59 Å². The van der Waals surface area contributed by atoms with Gasteiger partial charge in [-0.05, 0) is 44.5 Å². The lowest BCUT2D eigenvalue weighted by molar-refractivity contribution is -0.141. The summed E-state index contributed by atoms with van der Waals surface area (Å²) in [5.41, 5.74) is 0.853. The van der Waals surface area contributed by atoms with Crippen molar-refractivity contribution < 1.29 is 14.0 Å². The molecule has 0 bridgehead atoms. The van der Waals surface area contributed by atoms with E-state index in [2.05, 4.69) is 5.32 Å². The van der Waals surface area contributed by atoms with Crippen LogP contribution in [0.3, 0.4) is 0 Å². The van der Waals surface area contributed by atoms with Crippen LogP contribution in [0, 0.1) is 5.82 Å². The summed E-state index contributed by atoms with van der Waals surface area (Å²) in [6.07, 6.45) is 0.580. The summed E-state index contributed by atoms with van der Waals surface area (Å²) in [6.45, 7) is 5.74. The molecule has 4 nitrogen and oxygen atoms in total. The molecule has 184 valence electrons. The minimum absolute atomic E-state index is 0.0244. The summed E-state index contributed by atoms with van der Waals surface area (Å²) >= 11 is 1.59. The average Bonchev–Trinajstić information content (AvgIpc) is 2.82. The van der Waals surface area contributed by atoms with Gasteiger partial charge in [0.2, 0.25) is 11.8 Å². The Morgan fingerprint density at radius 1 is 0.914 bits per heavy atom. The van der Waals surface area contributed by atoms with Gasteiger partial charge in [0.25, 0.3) is 0 Å². The number of rotatable bonds is 10. The molecule has 0 aliphatic heterocycles. The van der Waals surface area contributed by atoms with Gasteiger partial charge < -0.3 is 10.2 Å². The highest BCUT2D eigenvalue weighted by atomic mass is 32.2. The predicted molar refractivity (Wildman–Crippen MR) is 141 cm³/mol. The summed E-state index contributed by atoms with van der Waals surface area (Å²) in [6, 6.07) is 25.1. The van der Waals surface area contributed by atoms with Gasteiger partial charge >= 0.3 is 0 Å². The van der Waals surface area contributed by atoms with Crippen molar-refractivity contribution in [2.45, 2.75) is 56.6 Å². The quantitative estimate of drug-likeness (QED) is 0.361. The van der Waals surface area contributed by atoms with Gasteiger partial charge in [0.05, 0.1) is 0 Å². The third-order valence-electron chi connectivity index (χ3n) is 5.40. The second-order valence-corrected chi connectivity index (χ2v) is 10.6. The van der Waals surface area contributed by atoms with Gasteiger partial charge in [0, 0.05) is 41.1 Å². The lowest BCUT2D eigenvalue weighted by Gasteiger charge is -2.34. The molecular formula is C29H33FN2O2S. The summed E-state index contributed by atoms with van der Waals surface area (Å²) in [7, 11) is 0. The molecule has 0 aliphatic carbocycles. The summed E-state index contributed by atoms with van der Waals surface area (Å²) in [5.74, 6) is -0.252. The summed E-state index contributed by atoms with van der Waals surface area (Å²) < 4.78 is 14.6. The van der Waals surface area contributed by atoms with Crippen molar-refractivity contribution in [2.75, 3.05) is 5.75 Å². The zero-order valence-electron chi connectivity index (χ0n) is 20.5. The van der Waals surface area contributed by atoms with Crippen molar-refractivity contribution in [3.63, 3.8) is 0 Å². The second-order valence-electron chi connectivity index (χ2n) is 9.47. The molecule has 2 amide bonds. The number of nitrogens with one attached hydrogen (secondary N) is 1. The third kappa shape index (κ3) is 8.55. The van der Waals surface area contributed by atoms with Gasteiger partial charge in [0.15, 0.2) is 0 Å². The maximum Gasteiger partial charge on any atom is 0.243 e. The molecule has 3 aromatic carbocycles. The maximum absolute atomic E-state index is 14.6. The van der Waals surface area contributed by atoms with E-state index < -0.39 is 17.4 Å². The Morgan fingerprint density at radius 3 is 2.14 bits per heavy atom. The molecule has 1 atom stereocenters. The van der Waals surface area contributed by atoms with Gasteiger partial charge in [0.1, 0.15) is 11.9 Å². The standard InChI is InChI=1S/C29H33FN2O2S/c1-29(2,3)31-28(34)26(20-22-12-6-4-7-13-22)32(21-23-14-10-11-17-25(23)30)27(33)18-19-35-24-15-8-5-9-16-24/h4-17,26H,18-21H2,1-3H3,(H,31,34)/t26-/m1/s1. The Balaban J connectivity index is 1.88. The number of carbonyl (C=O) groups excluding carboxylic acids is 2. The molecule has 0 saturated carbocycles. The minimum atomic E-state index is -0.773. The van der Waals surface area contributed by atoms with Crippen LogP contribution < -0.4 is 5.32 Å². The zero-order valence-corrected chi connectivity index (χ0v) is 21.4. The van der Waals surface area contributed by atoms with E-state index >= 15 is 0 Å². The lowest BCUT2D eigenvalue weighted by Crippen LogP contribution is -2.54. The van der Waals surface area contributed by atoms with Crippen LogP contribution in [-0.2, 0) is 22.6 Å². The monoisotopic (exact) mass is 492 g/mol. The van der Waals surface area contributed by atoms with Crippen molar-refractivity contribution in [1.29, 1.82) is 0 Å². The number of hydrogen-bond donors (Lipinski definition) is 1. The number of amides is 2. The van der Waals surface area contributed by atoms with Crippen LogP contribution in [-0.4, -0.2) is 34.0 Å². The van der Waals surface area contributed by atoms with E-state index in [0.717, 1.165) is 10.5 Å². The third-order valence-corrected chi connectivity index (χ3v) is 6.41. The largest absolute Gasteiger partial charge is 0.350 e. The second kappa shape index (κ2) is 12.5. The molecule has 0 unspecified atom stereocenters. The van der Waals surface area contributed by atoms with E-state index in [0.29, 0.717) is 17.7 Å². The molecule has 0 radical (unpaired) electrons. The number of halogens is 1. The number of hydrogen-bond acceptors (Lipinski definition) is 3. The Morgan fingerprint density at radius 2 is 1.51 bits per heavy atom. The fourth-order valence-corrected chi connectivity index (χ4v) is 4.60. The molecule has 6 heteroatoms. The zero-order chi connectivity index (χ0) is 25.3. The van der Waals surface area contributed by atoms with Gasteiger partial charge in [-0.1, -0.05) is 66.7 Å². The normalized spacial score (nSPS) is 12.1. The number of carbonyl (C=O) groups is 2. The van der Waals surface area contributed by atoms with Crippen LogP contribution >= 0.6 is 11.8 Å². The Hall–Kier alpha value is -3.12. The van der Waals surface area contributed by atoms with E-state index in [1.165, 1.54) is 11.0 Å². The van der Waals surface area contributed by atoms with Crippen LogP contribution in [0.25, 0.3) is 0 Å². The maximum atomic E-state index is 14.6. The van der Waals surface area contributed by atoms with Crippen LogP contribution in [0.2, 0.25) is 0 Å². The van der Waals surface area contributed by atoms with E-state index in [9.17, 15) is 14.0 Å². The van der Waals surface area contributed by atoms with Crippen LogP contribution in [0.15, 0.2) is 89.8 Å². The van der Waals surface area contributed by atoms with Crippen molar-refractivity contribution in [3.05, 3.63) is 102 Å². The molecule has 3 rings (SSSR count). The Kier molecular flexibility index (Phi) is 9.49. The molecule has 35 heavy (non-hydrogen) atoms. The van der Waals surface area contributed by atoms with Crippen molar-refractivity contribution >= 4 is 23.6 Å². The smallest absolute Gasteiger partial charge is 0.243 e. The van der Waals surface area contributed by atoms with E-state index in [1.54, 1.807) is 30.0 Å². The Labute approximate surface area is 211 Å². The van der Waals surface area contributed by atoms with Crippen LogP contribution in [0.1, 0.15) is 38.3 Å². The first-order valence-electron chi connectivity index (χ1n) is 11.8. The first kappa shape index (κ1) is 26.5. The first-order valence-corrected chi connectivity index (χ1v) is 12.8. The predicted octanol–water partition coefficient (Wildman–Crippen LogP) is 5.86. The topological polar surface area (TPSA) is 49.4 Å². The number of benzene rings is 3. The summed E-state index contributed by atoms with van der Waals surface area (Å²) in [5, 5.41) is 3.03. The summed E-state index contributed by atoms with van der Waals surface area (Å²) in [4.78, 5) is 29.7. The van der Waals surface area contributed by atoms with E-state index in [-0.39, 0.29) is 24.8 Å². The number of nitrogens with zero attached hydrogens (tertiary/aromatic N) is 1. The van der Waals surface area contributed by atoms with Crippen molar-refractivity contribution in [1.82, 2.24) is 10.2 Å². The molecule has 0 heterocycles. The SMILES string of the molecule is CC(C)(C)NC(=O)[C@@H](Cc1ccccc1)N(Cc1ccccc1F)C(=O)CCSc1ccccc1. The molecule has 0 fully saturated rings. The van der Waals surface area contributed by atoms with Crippen molar-refractivity contribution in [2.24, 2.45) is 0 Å². The Bertz CT molecular complexity index is 1100. The van der Waals surface area contributed by atoms with Crippen molar-refractivity contribution in [3.8, 4) is 0 Å². The molecule has 3 aromatic rings. The van der Waals surface area contributed by atoms with Crippen LogP contribution in [0.4, 0.5) is 4.39 Å². The highest BCUT2D eigenvalue weighted by Crippen LogP contribution is 2.21. The van der Waals surface area contributed by atoms with Crippen LogP contribution in [0.5, 0.6) is 0 Å². The molecular weight excluding hydrogens is 459 g/mol. The highest BCUT2D eigenvalue weighted by molar-refractivity contribution is 7.99. The molecule has 0 aromatic heterocycles. The van der Waals surface area contributed by atoms with E-state index in [1.807, 2.05) is 81.4 Å². The molecule has 0 aliphatic rings.